The molecule has 1 aromatic rings. The Morgan fingerprint density at radius 2 is 2.27 bits per heavy atom. The molecule has 0 saturated carbocycles. The highest BCUT2D eigenvalue weighted by atomic mass is 16.5. The fraction of sp³-hybridized carbons (Fsp3) is 0.500. The van der Waals surface area contributed by atoms with Crippen molar-refractivity contribution >= 4 is 5.69 Å². The molecule has 15 heavy (non-hydrogen) atoms. The van der Waals surface area contributed by atoms with E-state index in [-0.39, 0.29) is 0 Å². The van der Waals surface area contributed by atoms with E-state index >= 15 is 0 Å². The SMILES string of the molecule is CNC1CCN(C)c2cc(OC)ccc21. The first kappa shape index (κ1) is 10.3. The summed E-state index contributed by atoms with van der Waals surface area (Å²) >= 11 is 0. The predicted molar refractivity (Wildman–Crippen MR) is 62.7 cm³/mol. The Hall–Kier alpha value is -1.22. The maximum Gasteiger partial charge on any atom is 0.120 e. The third kappa shape index (κ3) is 1.79. The van der Waals surface area contributed by atoms with E-state index in [1.807, 2.05) is 13.1 Å². The molecule has 3 heteroatoms. The van der Waals surface area contributed by atoms with Crippen molar-refractivity contribution in [3.8, 4) is 5.75 Å². The van der Waals surface area contributed by atoms with Crippen LogP contribution in [-0.2, 0) is 0 Å². The molecule has 1 unspecified atom stereocenters. The van der Waals surface area contributed by atoms with Crippen LogP contribution < -0.4 is 15.0 Å². The van der Waals surface area contributed by atoms with Crippen molar-refractivity contribution in [1.82, 2.24) is 5.32 Å². The van der Waals surface area contributed by atoms with Gasteiger partial charge in [0.15, 0.2) is 0 Å². The molecule has 1 atom stereocenters. The van der Waals surface area contributed by atoms with Gasteiger partial charge in [-0.25, -0.2) is 0 Å². The minimum atomic E-state index is 0.474. The van der Waals surface area contributed by atoms with Gasteiger partial charge in [0.1, 0.15) is 5.75 Å². The van der Waals surface area contributed by atoms with Crippen LogP contribution in [0.5, 0.6) is 5.75 Å². The fourth-order valence-corrected chi connectivity index (χ4v) is 2.17. The molecule has 3 nitrogen and oxygen atoms in total. The summed E-state index contributed by atoms with van der Waals surface area (Å²) in [6.45, 7) is 1.09. The van der Waals surface area contributed by atoms with E-state index < -0.39 is 0 Å². The Morgan fingerprint density at radius 1 is 1.47 bits per heavy atom. The van der Waals surface area contributed by atoms with Gasteiger partial charge in [0.05, 0.1) is 7.11 Å². The van der Waals surface area contributed by atoms with Crippen molar-refractivity contribution in [2.45, 2.75) is 12.5 Å². The highest BCUT2D eigenvalue weighted by Gasteiger charge is 2.21. The van der Waals surface area contributed by atoms with Gasteiger partial charge in [-0.2, -0.15) is 0 Å². The molecule has 0 amide bonds. The number of anilines is 1. The maximum atomic E-state index is 5.25. The van der Waals surface area contributed by atoms with Crippen LogP contribution in [0.3, 0.4) is 0 Å². The first-order chi connectivity index (χ1) is 7.26. The molecule has 0 fully saturated rings. The van der Waals surface area contributed by atoms with E-state index in [1.165, 1.54) is 11.3 Å². The Labute approximate surface area is 91.0 Å². The molecule has 1 N–H and O–H groups in total. The Morgan fingerprint density at radius 3 is 2.93 bits per heavy atom. The second-order valence-electron chi connectivity index (χ2n) is 3.98. The topological polar surface area (TPSA) is 24.5 Å². The number of nitrogens with zero attached hydrogens (tertiary/aromatic N) is 1. The van der Waals surface area contributed by atoms with Gasteiger partial charge in [0.2, 0.25) is 0 Å². The molecule has 0 bridgehead atoms. The minimum absolute atomic E-state index is 0.474. The van der Waals surface area contributed by atoms with Crippen LogP contribution in [0.25, 0.3) is 0 Å². The van der Waals surface area contributed by atoms with E-state index in [4.69, 9.17) is 4.74 Å². The van der Waals surface area contributed by atoms with Crippen LogP contribution in [0, 0.1) is 0 Å². The van der Waals surface area contributed by atoms with E-state index in [9.17, 15) is 0 Å². The van der Waals surface area contributed by atoms with Crippen LogP contribution in [0.4, 0.5) is 5.69 Å². The summed E-state index contributed by atoms with van der Waals surface area (Å²) in [5.41, 5.74) is 2.65. The zero-order valence-electron chi connectivity index (χ0n) is 9.58. The molecule has 82 valence electrons. The van der Waals surface area contributed by atoms with Crippen molar-refractivity contribution in [2.75, 3.05) is 32.6 Å². The average Bonchev–Trinajstić information content (AvgIpc) is 2.29. The van der Waals surface area contributed by atoms with Crippen molar-refractivity contribution in [3.63, 3.8) is 0 Å². The number of fused-ring (bicyclic) bond motifs is 1. The van der Waals surface area contributed by atoms with Crippen LogP contribution >= 0.6 is 0 Å². The molecule has 2 rings (SSSR count). The molecular weight excluding hydrogens is 188 g/mol. The summed E-state index contributed by atoms with van der Waals surface area (Å²) in [6, 6.07) is 6.77. The number of rotatable bonds is 2. The Balaban J connectivity index is 2.42. The first-order valence-electron chi connectivity index (χ1n) is 5.32. The normalized spacial score (nSPS) is 19.9. The van der Waals surface area contributed by atoms with Crippen molar-refractivity contribution < 1.29 is 4.74 Å². The third-order valence-electron chi connectivity index (χ3n) is 3.13. The molecule has 1 heterocycles. The zero-order valence-corrected chi connectivity index (χ0v) is 9.58. The van der Waals surface area contributed by atoms with Crippen molar-refractivity contribution in [2.24, 2.45) is 0 Å². The number of ether oxygens (including phenoxy) is 1. The van der Waals surface area contributed by atoms with Crippen LogP contribution in [0.15, 0.2) is 18.2 Å². The van der Waals surface area contributed by atoms with Gasteiger partial charge >= 0.3 is 0 Å². The second-order valence-corrected chi connectivity index (χ2v) is 3.98. The molecular formula is C12H18N2O. The van der Waals surface area contributed by atoms with Crippen LogP contribution in [0.1, 0.15) is 18.0 Å². The number of methoxy groups -OCH3 is 1. The molecule has 0 saturated heterocycles. The lowest BCUT2D eigenvalue weighted by Gasteiger charge is -2.33. The number of hydrogen-bond acceptors (Lipinski definition) is 3. The van der Waals surface area contributed by atoms with Gasteiger partial charge in [-0.15, -0.1) is 0 Å². The van der Waals surface area contributed by atoms with Crippen LogP contribution in [0.2, 0.25) is 0 Å². The molecule has 1 aliphatic rings. The lowest BCUT2D eigenvalue weighted by molar-refractivity contribution is 0.413. The number of benzene rings is 1. The van der Waals surface area contributed by atoms with E-state index in [2.05, 4.69) is 29.4 Å². The second kappa shape index (κ2) is 4.11. The Kier molecular flexibility index (Phi) is 2.82. The first-order valence-corrected chi connectivity index (χ1v) is 5.32. The van der Waals surface area contributed by atoms with Crippen molar-refractivity contribution in [3.05, 3.63) is 23.8 Å². The molecule has 0 spiro atoms. The van der Waals surface area contributed by atoms with Gasteiger partial charge in [0, 0.05) is 31.4 Å². The van der Waals surface area contributed by atoms with Gasteiger partial charge < -0.3 is 15.0 Å². The fourth-order valence-electron chi connectivity index (χ4n) is 2.17. The van der Waals surface area contributed by atoms with Gasteiger partial charge in [-0.1, -0.05) is 6.07 Å². The van der Waals surface area contributed by atoms with E-state index in [0.717, 1.165) is 18.7 Å². The summed E-state index contributed by atoms with van der Waals surface area (Å²) in [6.07, 6.45) is 1.16. The average molecular weight is 206 g/mol. The largest absolute Gasteiger partial charge is 0.497 e. The highest BCUT2D eigenvalue weighted by molar-refractivity contribution is 5.59. The number of nitrogens with one attached hydrogen (secondary N) is 1. The van der Waals surface area contributed by atoms with Crippen LogP contribution in [-0.4, -0.2) is 27.7 Å². The zero-order chi connectivity index (χ0) is 10.8. The quantitative estimate of drug-likeness (QED) is 0.798. The molecule has 1 aromatic carbocycles. The third-order valence-corrected chi connectivity index (χ3v) is 3.13. The summed E-state index contributed by atoms with van der Waals surface area (Å²) < 4.78 is 5.25. The van der Waals surface area contributed by atoms with E-state index in [0.29, 0.717) is 6.04 Å². The molecule has 0 aromatic heterocycles. The van der Waals surface area contributed by atoms with Gasteiger partial charge in [-0.05, 0) is 25.1 Å². The monoisotopic (exact) mass is 206 g/mol. The number of hydrogen-bond donors (Lipinski definition) is 1. The summed E-state index contributed by atoms with van der Waals surface area (Å²) in [4.78, 5) is 2.28. The maximum absolute atomic E-state index is 5.25. The Bertz CT molecular complexity index is 351. The summed E-state index contributed by atoms with van der Waals surface area (Å²) in [5, 5.41) is 3.35. The van der Waals surface area contributed by atoms with E-state index in [1.54, 1.807) is 7.11 Å². The van der Waals surface area contributed by atoms with Gasteiger partial charge in [-0.3, -0.25) is 0 Å². The smallest absolute Gasteiger partial charge is 0.120 e. The molecule has 1 aliphatic heterocycles. The van der Waals surface area contributed by atoms with Crippen molar-refractivity contribution in [1.29, 1.82) is 0 Å². The lowest BCUT2D eigenvalue weighted by Crippen LogP contribution is -2.32. The highest BCUT2D eigenvalue weighted by Crippen LogP contribution is 2.35. The van der Waals surface area contributed by atoms with Gasteiger partial charge in [0.25, 0.3) is 0 Å². The predicted octanol–water partition coefficient (Wildman–Crippen LogP) is 1.80. The summed E-state index contributed by atoms with van der Waals surface area (Å²) in [5.74, 6) is 0.928. The lowest BCUT2D eigenvalue weighted by atomic mass is 9.97. The molecule has 0 radical (unpaired) electrons. The summed E-state index contributed by atoms with van der Waals surface area (Å²) in [7, 11) is 5.86. The standard InChI is InChI=1S/C12H18N2O/c1-13-11-6-7-14(2)12-8-9(15-3)4-5-10(11)12/h4-5,8,11,13H,6-7H2,1-3H3. The molecule has 0 aliphatic carbocycles. The minimum Gasteiger partial charge on any atom is -0.497 e.